The summed E-state index contributed by atoms with van der Waals surface area (Å²) in [5.41, 5.74) is 1.96. The van der Waals surface area contributed by atoms with E-state index in [1.54, 1.807) is 23.2 Å². The van der Waals surface area contributed by atoms with Gasteiger partial charge in [-0.25, -0.2) is 4.68 Å². The Bertz CT molecular complexity index is 1030. The molecule has 1 fully saturated rings. The lowest BCUT2D eigenvalue weighted by Crippen LogP contribution is -2.44. The number of nitrogens with zero attached hydrogens (tertiary/aromatic N) is 6. The molecule has 0 aromatic carbocycles. The van der Waals surface area contributed by atoms with Crippen molar-refractivity contribution in [3.05, 3.63) is 53.5 Å². The number of carbonyl (C=O) groups is 1. The molecule has 158 valence electrons. The quantitative estimate of drug-likeness (QED) is 0.650. The number of likely N-dealkylation sites (tertiary alicyclic amines) is 1. The van der Waals surface area contributed by atoms with Crippen LogP contribution in [0.25, 0.3) is 0 Å². The monoisotopic (exact) mass is 411 g/mol. The van der Waals surface area contributed by atoms with E-state index in [1.165, 1.54) is 0 Å². The van der Waals surface area contributed by atoms with Crippen LogP contribution in [-0.4, -0.2) is 54.3 Å². The fourth-order valence-electron chi connectivity index (χ4n) is 4.30. The molecule has 1 N–H and O–H groups in total. The molecule has 10 nitrogen and oxygen atoms in total. The van der Waals surface area contributed by atoms with Crippen molar-refractivity contribution in [2.24, 2.45) is 0 Å². The van der Waals surface area contributed by atoms with Gasteiger partial charge in [-0.15, -0.1) is 5.10 Å². The zero-order valence-electron chi connectivity index (χ0n) is 17.0. The predicted octanol–water partition coefficient (Wildman–Crippen LogP) is 1.19. The first-order valence-corrected chi connectivity index (χ1v) is 10.3. The van der Waals surface area contributed by atoms with Gasteiger partial charge in [-0.1, -0.05) is 5.21 Å². The maximum Gasteiger partial charge on any atom is 0.269 e. The van der Waals surface area contributed by atoms with Crippen molar-refractivity contribution in [3.8, 4) is 0 Å². The van der Waals surface area contributed by atoms with Gasteiger partial charge in [0.15, 0.2) is 0 Å². The molecule has 0 radical (unpaired) electrons. The van der Waals surface area contributed by atoms with E-state index in [0.29, 0.717) is 31.9 Å². The third-order valence-corrected chi connectivity index (χ3v) is 5.89. The number of hydrogen-bond acceptors (Lipinski definition) is 7. The van der Waals surface area contributed by atoms with E-state index >= 15 is 0 Å². The maximum atomic E-state index is 12.4. The van der Waals surface area contributed by atoms with Gasteiger partial charge in [0.2, 0.25) is 0 Å². The summed E-state index contributed by atoms with van der Waals surface area (Å²) in [6, 6.07) is 5.62. The van der Waals surface area contributed by atoms with Gasteiger partial charge in [-0.3, -0.25) is 14.4 Å². The highest BCUT2D eigenvalue weighted by molar-refractivity contribution is 5.92. The maximum absolute atomic E-state index is 12.4. The predicted molar refractivity (Wildman–Crippen MR) is 105 cm³/mol. The first-order chi connectivity index (χ1) is 14.7. The summed E-state index contributed by atoms with van der Waals surface area (Å²) in [6.45, 7) is 6.59. The molecule has 1 saturated heterocycles. The van der Waals surface area contributed by atoms with Crippen molar-refractivity contribution < 1.29 is 13.9 Å². The van der Waals surface area contributed by atoms with E-state index in [1.807, 2.05) is 23.7 Å². The molecular formula is C20H25N7O3. The first-order valence-electron chi connectivity index (χ1n) is 10.3. The van der Waals surface area contributed by atoms with Crippen LogP contribution in [0.3, 0.4) is 0 Å². The van der Waals surface area contributed by atoms with Gasteiger partial charge in [0.25, 0.3) is 5.91 Å². The number of furan rings is 1. The van der Waals surface area contributed by atoms with Crippen LogP contribution < -0.4 is 5.32 Å². The number of carbonyl (C=O) groups excluding carboxylic acids is 1. The van der Waals surface area contributed by atoms with E-state index < -0.39 is 0 Å². The molecule has 0 saturated carbocycles. The number of ether oxygens (including phenoxy) is 1. The molecule has 3 aromatic rings. The summed E-state index contributed by atoms with van der Waals surface area (Å²) in [5.74, 6) is 0.792. The zero-order chi connectivity index (χ0) is 20.6. The number of aromatic nitrogens is 5. The van der Waals surface area contributed by atoms with Gasteiger partial charge < -0.3 is 14.5 Å². The average Bonchev–Trinajstić information content (AvgIpc) is 3.54. The first kappa shape index (κ1) is 19.0. The third kappa shape index (κ3) is 3.52. The molecule has 5 heterocycles. The summed E-state index contributed by atoms with van der Waals surface area (Å²) in [6.07, 6.45) is 4.28. The Balaban J connectivity index is 1.21. The molecule has 1 atom stereocenters. The molecule has 2 aliphatic rings. The van der Waals surface area contributed by atoms with Crippen LogP contribution in [0.5, 0.6) is 0 Å². The number of fused-ring (bicyclic) bond motifs is 1. The summed E-state index contributed by atoms with van der Waals surface area (Å²) in [5, 5.41) is 15.7. The van der Waals surface area contributed by atoms with Crippen LogP contribution in [0.15, 0.2) is 35.1 Å². The van der Waals surface area contributed by atoms with Gasteiger partial charge in [0, 0.05) is 25.8 Å². The second-order valence-electron chi connectivity index (χ2n) is 7.87. The molecule has 10 heteroatoms. The number of nitrogens with one attached hydrogen (secondary N) is 1. The second-order valence-corrected chi connectivity index (χ2v) is 7.87. The zero-order valence-corrected chi connectivity index (χ0v) is 17.0. The minimum absolute atomic E-state index is 0.173. The Morgan fingerprint density at radius 3 is 3.10 bits per heavy atom. The van der Waals surface area contributed by atoms with Crippen molar-refractivity contribution >= 4 is 5.91 Å². The molecule has 30 heavy (non-hydrogen) atoms. The second kappa shape index (κ2) is 7.69. The molecule has 3 aromatic heterocycles. The van der Waals surface area contributed by atoms with E-state index in [4.69, 9.17) is 9.15 Å². The fourth-order valence-corrected chi connectivity index (χ4v) is 4.30. The summed E-state index contributed by atoms with van der Waals surface area (Å²) in [4.78, 5) is 14.8. The Kier molecular flexibility index (Phi) is 4.87. The van der Waals surface area contributed by atoms with E-state index in [2.05, 4.69) is 25.6 Å². The number of aryl methyl sites for hydroxylation is 1. The third-order valence-electron chi connectivity index (χ3n) is 5.89. The van der Waals surface area contributed by atoms with Crippen molar-refractivity contribution in [2.45, 2.75) is 51.7 Å². The summed E-state index contributed by atoms with van der Waals surface area (Å²) >= 11 is 0. The van der Waals surface area contributed by atoms with Gasteiger partial charge in [-0.2, -0.15) is 5.10 Å². The molecular weight excluding hydrogens is 386 g/mol. The smallest absolute Gasteiger partial charge is 0.269 e. The topological polar surface area (TPSA) is 103 Å². The van der Waals surface area contributed by atoms with Crippen LogP contribution in [0.1, 0.15) is 41.0 Å². The summed E-state index contributed by atoms with van der Waals surface area (Å²) < 4.78 is 15.4. The standard InChI is InChI=1S/C20H25N7O3/c1-2-26-17(5-7-22-26)19(28)21-10-16-18-12-30-20(14-27(18)24-23-16)6-8-25(13-20)11-15-4-3-9-29-15/h3-5,7,9H,2,6,8,10-14H2,1H3,(H,21,28). The van der Waals surface area contributed by atoms with Gasteiger partial charge >= 0.3 is 0 Å². The molecule has 2 aliphatic heterocycles. The van der Waals surface area contributed by atoms with E-state index in [0.717, 1.165) is 43.2 Å². The number of rotatable bonds is 6. The molecule has 1 spiro atoms. The Hall–Kier alpha value is -2.98. The minimum Gasteiger partial charge on any atom is -0.468 e. The normalized spacial score (nSPS) is 21.2. The lowest BCUT2D eigenvalue weighted by molar-refractivity contribution is -0.0846. The van der Waals surface area contributed by atoms with Crippen molar-refractivity contribution in [1.29, 1.82) is 0 Å². The molecule has 5 rings (SSSR count). The van der Waals surface area contributed by atoms with Crippen LogP contribution in [0, 0.1) is 0 Å². The number of amides is 1. The minimum atomic E-state index is -0.249. The van der Waals surface area contributed by atoms with Gasteiger partial charge in [-0.05, 0) is 31.5 Å². The van der Waals surface area contributed by atoms with Crippen LogP contribution in [0.4, 0.5) is 0 Å². The number of hydrogen-bond donors (Lipinski definition) is 1. The Morgan fingerprint density at radius 1 is 1.33 bits per heavy atom. The lowest BCUT2D eigenvalue weighted by atomic mass is 10.0. The van der Waals surface area contributed by atoms with E-state index in [-0.39, 0.29) is 11.5 Å². The average molecular weight is 411 g/mol. The Labute approximate surface area is 173 Å². The Morgan fingerprint density at radius 2 is 2.27 bits per heavy atom. The molecule has 0 aliphatic carbocycles. The summed E-state index contributed by atoms with van der Waals surface area (Å²) in [7, 11) is 0. The van der Waals surface area contributed by atoms with Crippen molar-refractivity contribution in [3.63, 3.8) is 0 Å². The molecule has 1 unspecified atom stereocenters. The molecule has 0 bridgehead atoms. The van der Waals surface area contributed by atoms with Gasteiger partial charge in [0.05, 0.1) is 38.2 Å². The highest BCUT2D eigenvalue weighted by Crippen LogP contribution is 2.33. The molecule has 1 amide bonds. The highest BCUT2D eigenvalue weighted by atomic mass is 16.5. The van der Waals surface area contributed by atoms with E-state index in [9.17, 15) is 4.79 Å². The largest absolute Gasteiger partial charge is 0.468 e. The SMILES string of the molecule is CCn1nccc1C(=O)NCc1nnn2c1COC1(CCN(Cc3ccco3)C1)C2. The van der Waals surface area contributed by atoms with Crippen molar-refractivity contribution in [2.75, 3.05) is 13.1 Å². The highest BCUT2D eigenvalue weighted by Gasteiger charge is 2.43. The van der Waals surface area contributed by atoms with Gasteiger partial charge in [0.1, 0.15) is 22.7 Å². The fraction of sp³-hybridized carbons (Fsp3) is 0.500. The van der Waals surface area contributed by atoms with Crippen LogP contribution in [0.2, 0.25) is 0 Å². The van der Waals surface area contributed by atoms with Crippen LogP contribution in [-0.2, 0) is 37.5 Å². The lowest BCUT2D eigenvalue weighted by Gasteiger charge is -2.34. The van der Waals surface area contributed by atoms with Crippen LogP contribution >= 0.6 is 0 Å². The van der Waals surface area contributed by atoms with Crippen molar-refractivity contribution in [1.82, 2.24) is 35.0 Å².